The van der Waals surface area contributed by atoms with Gasteiger partial charge in [-0.1, -0.05) is 29.8 Å². The molecule has 24 heavy (non-hydrogen) atoms. The fraction of sp³-hybridized carbons (Fsp3) is 0.412. The zero-order valence-electron chi connectivity index (χ0n) is 14.0. The normalized spacial score (nSPS) is 18.1. The van der Waals surface area contributed by atoms with Crippen LogP contribution < -0.4 is 0 Å². The molecule has 1 atom stereocenters. The Labute approximate surface area is 145 Å². The minimum Gasteiger partial charge on any atom is -0.335 e. The van der Waals surface area contributed by atoms with E-state index in [-0.39, 0.29) is 11.8 Å². The number of hydrogen-bond donors (Lipinski definition) is 0. The maximum atomic E-state index is 12.7. The van der Waals surface area contributed by atoms with Crippen molar-refractivity contribution in [3.63, 3.8) is 0 Å². The minimum atomic E-state index is -0.488. The zero-order valence-corrected chi connectivity index (χ0v) is 14.8. The fourth-order valence-corrected chi connectivity index (χ4v) is 3.38. The Morgan fingerprint density at radius 2 is 1.92 bits per heavy atom. The Bertz CT molecular complexity index is 756. The molecule has 3 rings (SSSR count). The topological polar surface area (TPSA) is 66.4 Å². The molecule has 0 saturated carbocycles. The van der Waals surface area contributed by atoms with Crippen LogP contribution in [0, 0.1) is 13.8 Å². The van der Waals surface area contributed by atoms with Gasteiger partial charge in [-0.15, -0.1) is 0 Å². The second-order valence-electron chi connectivity index (χ2n) is 6.12. The highest BCUT2D eigenvalue weighted by Crippen LogP contribution is 2.18. The van der Waals surface area contributed by atoms with E-state index >= 15 is 0 Å². The molecule has 2 amide bonds. The average Bonchev–Trinajstić information content (AvgIpc) is 2.99. The molecule has 6 nitrogen and oxygen atoms in total. The zero-order chi connectivity index (χ0) is 17.3. The van der Waals surface area contributed by atoms with Gasteiger partial charge in [-0.3, -0.25) is 9.59 Å². The van der Waals surface area contributed by atoms with Gasteiger partial charge in [0.05, 0.1) is 17.4 Å². The smallest absolute Gasteiger partial charge is 0.276 e. The van der Waals surface area contributed by atoms with Crippen molar-refractivity contribution in [2.24, 2.45) is 0 Å². The van der Waals surface area contributed by atoms with Crippen molar-refractivity contribution in [2.45, 2.75) is 33.4 Å². The summed E-state index contributed by atoms with van der Waals surface area (Å²) >= 11 is 1.02. The van der Waals surface area contributed by atoms with Crippen molar-refractivity contribution >= 4 is 23.5 Å². The van der Waals surface area contributed by atoms with E-state index in [1.807, 2.05) is 36.1 Å². The van der Waals surface area contributed by atoms with Crippen LogP contribution in [-0.2, 0) is 11.3 Å². The second-order valence-corrected chi connectivity index (χ2v) is 6.65. The lowest BCUT2D eigenvalue weighted by atomic mass is 10.1. The third-order valence-electron chi connectivity index (χ3n) is 4.36. The first-order chi connectivity index (χ1) is 11.5. The molecule has 1 unspecified atom stereocenters. The quantitative estimate of drug-likeness (QED) is 0.854. The van der Waals surface area contributed by atoms with Gasteiger partial charge >= 0.3 is 0 Å². The van der Waals surface area contributed by atoms with Crippen LogP contribution in [0.5, 0.6) is 0 Å². The lowest BCUT2D eigenvalue weighted by Gasteiger charge is -2.39. The number of aryl methyl sites for hydroxylation is 2. The molecular weight excluding hydrogens is 324 g/mol. The molecule has 1 aromatic heterocycles. The van der Waals surface area contributed by atoms with Crippen LogP contribution >= 0.6 is 11.7 Å². The number of nitrogens with zero attached hydrogens (tertiary/aromatic N) is 4. The molecule has 126 valence electrons. The molecule has 0 radical (unpaired) electrons. The van der Waals surface area contributed by atoms with Gasteiger partial charge in [-0.25, -0.2) is 0 Å². The van der Waals surface area contributed by atoms with Crippen LogP contribution in [0.2, 0.25) is 0 Å². The Hall–Kier alpha value is -2.28. The average molecular weight is 344 g/mol. The summed E-state index contributed by atoms with van der Waals surface area (Å²) in [7, 11) is 0. The van der Waals surface area contributed by atoms with Crippen LogP contribution in [-0.4, -0.2) is 49.5 Å². The molecule has 1 aliphatic heterocycles. The Morgan fingerprint density at radius 3 is 2.54 bits per heavy atom. The van der Waals surface area contributed by atoms with Crippen molar-refractivity contribution in [1.29, 1.82) is 0 Å². The molecule has 1 fully saturated rings. The van der Waals surface area contributed by atoms with Gasteiger partial charge in [0.2, 0.25) is 5.91 Å². The van der Waals surface area contributed by atoms with Gasteiger partial charge in [0.25, 0.3) is 5.91 Å². The van der Waals surface area contributed by atoms with Crippen molar-refractivity contribution in [2.75, 3.05) is 13.1 Å². The van der Waals surface area contributed by atoms with Gasteiger partial charge in [-0.05, 0) is 26.3 Å². The maximum absolute atomic E-state index is 12.7. The van der Waals surface area contributed by atoms with Crippen molar-refractivity contribution in [3.05, 3.63) is 46.8 Å². The molecule has 0 spiro atoms. The van der Waals surface area contributed by atoms with Gasteiger partial charge in [0, 0.05) is 19.6 Å². The molecule has 1 aromatic carbocycles. The molecule has 0 N–H and O–H groups in total. The largest absolute Gasteiger partial charge is 0.335 e. The van der Waals surface area contributed by atoms with Crippen molar-refractivity contribution in [1.82, 2.24) is 18.5 Å². The van der Waals surface area contributed by atoms with Crippen LogP contribution in [0.1, 0.15) is 34.2 Å². The molecule has 1 aliphatic rings. The highest BCUT2D eigenvalue weighted by atomic mass is 32.1. The molecular formula is C17H20N4O2S. The highest BCUT2D eigenvalue weighted by Gasteiger charge is 2.35. The predicted molar refractivity (Wildman–Crippen MR) is 91.7 cm³/mol. The molecule has 0 aliphatic carbocycles. The third-order valence-corrected chi connectivity index (χ3v) is 4.98. The molecule has 2 heterocycles. The van der Waals surface area contributed by atoms with Gasteiger partial charge in [0.15, 0.2) is 5.69 Å². The van der Waals surface area contributed by atoms with E-state index in [1.54, 1.807) is 18.7 Å². The number of benzene rings is 1. The van der Waals surface area contributed by atoms with E-state index in [0.717, 1.165) is 17.3 Å². The molecule has 1 saturated heterocycles. The first kappa shape index (κ1) is 16.6. The van der Waals surface area contributed by atoms with Crippen LogP contribution in [0.3, 0.4) is 0 Å². The van der Waals surface area contributed by atoms with E-state index in [9.17, 15) is 9.59 Å². The second kappa shape index (κ2) is 6.68. The number of carbonyl (C=O) groups is 2. The predicted octanol–water partition coefficient (Wildman–Crippen LogP) is 2.03. The summed E-state index contributed by atoms with van der Waals surface area (Å²) in [5.74, 6) is -0.242. The Balaban J connectivity index is 1.70. The van der Waals surface area contributed by atoms with E-state index in [4.69, 9.17) is 0 Å². The van der Waals surface area contributed by atoms with E-state index in [0.29, 0.717) is 31.0 Å². The minimum absolute atomic E-state index is 0.0315. The van der Waals surface area contributed by atoms with Crippen LogP contribution in [0.25, 0.3) is 0 Å². The lowest BCUT2D eigenvalue weighted by Crippen LogP contribution is -2.57. The third kappa shape index (κ3) is 3.17. The summed E-state index contributed by atoms with van der Waals surface area (Å²) in [5, 5.41) is 0. The maximum Gasteiger partial charge on any atom is 0.276 e. The number of aromatic nitrogens is 2. The summed E-state index contributed by atoms with van der Waals surface area (Å²) in [6.07, 6.45) is 0. The Morgan fingerprint density at radius 1 is 1.21 bits per heavy atom. The summed E-state index contributed by atoms with van der Waals surface area (Å²) < 4.78 is 8.10. The fourth-order valence-electron chi connectivity index (χ4n) is 2.84. The standard InChI is InChI=1S/C17H20N4O2S/c1-11-4-6-14(7-5-11)10-20-8-9-21(13(3)16(20)22)17(23)15-12(2)18-24-19-15/h4-7,13H,8-10H2,1-3H3. The van der Waals surface area contributed by atoms with E-state index in [1.165, 1.54) is 5.56 Å². The highest BCUT2D eigenvalue weighted by molar-refractivity contribution is 6.99. The van der Waals surface area contributed by atoms with Crippen molar-refractivity contribution in [3.8, 4) is 0 Å². The van der Waals surface area contributed by atoms with Gasteiger partial charge < -0.3 is 9.80 Å². The lowest BCUT2D eigenvalue weighted by molar-refractivity contribution is -0.140. The monoisotopic (exact) mass is 344 g/mol. The van der Waals surface area contributed by atoms with Gasteiger partial charge in [-0.2, -0.15) is 8.75 Å². The van der Waals surface area contributed by atoms with E-state index < -0.39 is 6.04 Å². The summed E-state index contributed by atoms with van der Waals surface area (Å²) in [4.78, 5) is 28.7. The first-order valence-electron chi connectivity index (χ1n) is 7.92. The number of piperazine rings is 1. The van der Waals surface area contributed by atoms with Gasteiger partial charge in [0.1, 0.15) is 6.04 Å². The number of hydrogen-bond acceptors (Lipinski definition) is 5. The number of rotatable bonds is 3. The number of amides is 2. The summed E-state index contributed by atoms with van der Waals surface area (Å²) in [6.45, 7) is 7.18. The summed E-state index contributed by atoms with van der Waals surface area (Å²) in [5.41, 5.74) is 3.26. The summed E-state index contributed by atoms with van der Waals surface area (Å²) in [6, 6.07) is 7.67. The Kier molecular flexibility index (Phi) is 4.62. The van der Waals surface area contributed by atoms with Crippen molar-refractivity contribution < 1.29 is 9.59 Å². The molecule has 2 aromatic rings. The van der Waals surface area contributed by atoms with Crippen LogP contribution in [0.4, 0.5) is 0 Å². The van der Waals surface area contributed by atoms with E-state index in [2.05, 4.69) is 8.75 Å². The van der Waals surface area contributed by atoms with Crippen LogP contribution in [0.15, 0.2) is 24.3 Å². The molecule has 0 bridgehead atoms. The molecule has 7 heteroatoms. The number of carbonyl (C=O) groups excluding carboxylic acids is 2. The SMILES string of the molecule is Cc1ccc(CN2CCN(C(=O)c3nsnc3C)C(C)C2=O)cc1. The first-order valence-corrected chi connectivity index (χ1v) is 8.65.